The molecule has 0 atom stereocenters. The number of rotatable bonds is 4. The summed E-state index contributed by atoms with van der Waals surface area (Å²) in [5.41, 5.74) is 4.45. The summed E-state index contributed by atoms with van der Waals surface area (Å²) in [5, 5.41) is 2.90. The third kappa shape index (κ3) is 4.14. The topological polar surface area (TPSA) is 67.9 Å². The van der Waals surface area contributed by atoms with Gasteiger partial charge in [-0.2, -0.15) is 0 Å². The summed E-state index contributed by atoms with van der Waals surface area (Å²) in [6, 6.07) is 9.15. The molecule has 2 aromatic carbocycles. The minimum atomic E-state index is -0.654. The summed E-state index contributed by atoms with van der Waals surface area (Å²) in [5.74, 6) is -0.925. The van der Waals surface area contributed by atoms with Gasteiger partial charge in [-0.3, -0.25) is 9.59 Å². The number of nitrogens with one attached hydrogen (secondary N) is 1. The van der Waals surface area contributed by atoms with Crippen LogP contribution in [-0.4, -0.2) is 48.9 Å². The molecule has 0 bridgehead atoms. The van der Waals surface area contributed by atoms with Crippen molar-refractivity contribution in [3.05, 3.63) is 58.4 Å². The summed E-state index contributed by atoms with van der Waals surface area (Å²) in [6.07, 6.45) is 4.75. The monoisotopic (exact) mass is 424 g/mol. The van der Waals surface area contributed by atoms with Crippen LogP contribution >= 0.6 is 0 Å². The Morgan fingerprint density at radius 3 is 2.81 bits per heavy atom. The first kappa shape index (κ1) is 20.0. The number of hydrogen-bond acceptors (Lipinski definition) is 5. The first-order valence-electron chi connectivity index (χ1n) is 10.8. The molecule has 162 valence electrons. The van der Waals surface area contributed by atoms with Crippen LogP contribution in [0.1, 0.15) is 39.9 Å². The van der Waals surface area contributed by atoms with Crippen LogP contribution in [0.25, 0.3) is 0 Å². The van der Waals surface area contributed by atoms with E-state index in [0.717, 1.165) is 24.5 Å². The van der Waals surface area contributed by atoms with E-state index >= 15 is 0 Å². The predicted octanol–water partition coefficient (Wildman–Crippen LogP) is 3.12. The lowest BCUT2D eigenvalue weighted by Crippen LogP contribution is -2.54. The molecule has 2 heterocycles. The van der Waals surface area contributed by atoms with Crippen LogP contribution in [0.4, 0.5) is 10.1 Å². The summed E-state index contributed by atoms with van der Waals surface area (Å²) in [6.45, 7) is 1.37. The molecule has 5 rings (SSSR count). The number of anilines is 1. The van der Waals surface area contributed by atoms with Crippen LogP contribution in [-0.2, 0) is 29.0 Å². The van der Waals surface area contributed by atoms with E-state index in [-0.39, 0.29) is 42.3 Å². The molecule has 2 aromatic rings. The van der Waals surface area contributed by atoms with Gasteiger partial charge in [-0.1, -0.05) is 18.2 Å². The fraction of sp³-hybridized carbons (Fsp3) is 0.417. The van der Waals surface area contributed by atoms with E-state index in [1.165, 1.54) is 30.0 Å². The molecule has 2 aliphatic heterocycles. The van der Waals surface area contributed by atoms with E-state index in [9.17, 15) is 14.0 Å². The number of Topliss-reactive ketones (excluding diaryl/α,β-unsaturated/α-hetero) is 1. The van der Waals surface area contributed by atoms with Gasteiger partial charge < -0.3 is 19.7 Å². The molecular formula is C24H25FN2O4. The van der Waals surface area contributed by atoms with Crippen LogP contribution in [0, 0.1) is 5.82 Å². The fourth-order valence-corrected chi connectivity index (χ4v) is 4.35. The molecule has 1 saturated heterocycles. The van der Waals surface area contributed by atoms with Gasteiger partial charge in [-0.05, 0) is 48.4 Å². The van der Waals surface area contributed by atoms with Crippen molar-refractivity contribution >= 4 is 17.4 Å². The molecule has 7 heteroatoms. The number of amides is 1. The Kier molecular flexibility index (Phi) is 5.36. The van der Waals surface area contributed by atoms with Crippen LogP contribution in [0.3, 0.4) is 0 Å². The second kappa shape index (κ2) is 8.30. The molecule has 1 N–H and O–H groups in total. The van der Waals surface area contributed by atoms with Gasteiger partial charge in [0, 0.05) is 19.2 Å². The molecule has 1 aliphatic carbocycles. The molecule has 0 saturated carbocycles. The lowest BCUT2D eigenvalue weighted by molar-refractivity contribution is -0.119. The molecule has 1 fully saturated rings. The normalized spacial score (nSPS) is 18.2. The largest absolute Gasteiger partial charge is 0.483 e. The van der Waals surface area contributed by atoms with Crippen molar-refractivity contribution < 1.29 is 23.5 Å². The Morgan fingerprint density at radius 2 is 1.97 bits per heavy atom. The van der Waals surface area contributed by atoms with E-state index in [4.69, 9.17) is 9.47 Å². The van der Waals surface area contributed by atoms with Crippen molar-refractivity contribution in [3.63, 3.8) is 0 Å². The predicted molar refractivity (Wildman–Crippen MR) is 113 cm³/mol. The molecule has 6 nitrogen and oxygen atoms in total. The zero-order valence-electron chi connectivity index (χ0n) is 17.3. The highest BCUT2D eigenvalue weighted by Crippen LogP contribution is 2.31. The minimum absolute atomic E-state index is 0.0302. The highest BCUT2D eigenvalue weighted by molar-refractivity contribution is 5.97. The number of benzene rings is 2. The van der Waals surface area contributed by atoms with Crippen molar-refractivity contribution in [1.29, 1.82) is 0 Å². The van der Waals surface area contributed by atoms with E-state index in [1.807, 2.05) is 0 Å². The van der Waals surface area contributed by atoms with E-state index < -0.39 is 5.82 Å². The lowest BCUT2D eigenvalue weighted by Gasteiger charge is -2.39. The minimum Gasteiger partial charge on any atom is -0.483 e. The number of nitrogens with zero attached hydrogens (tertiary/aromatic N) is 1. The average Bonchev–Trinajstić information content (AvgIpc) is 2.93. The maximum absolute atomic E-state index is 14.5. The van der Waals surface area contributed by atoms with Crippen LogP contribution in [0.15, 0.2) is 30.3 Å². The number of aryl methyl sites for hydroxylation is 2. The zero-order valence-corrected chi connectivity index (χ0v) is 17.3. The van der Waals surface area contributed by atoms with Gasteiger partial charge in [0.2, 0.25) is 0 Å². The molecule has 0 radical (unpaired) electrons. The van der Waals surface area contributed by atoms with Crippen molar-refractivity contribution in [2.45, 2.75) is 38.4 Å². The third-order valence-corrected chi connectivity index (χ3v) is 6.20. The van der Waals surface area contributed by atoms with Gasteiger partial charge in [0.1, 0.15) is 18.2 Å². The first-order chi connectivity index (χ1) is 15.1. The number of fused-ring (bicyclic) bond motifs is 2. The maximum atomic E-state index is 14.5. The molecular weight excluding hydrogens is 399 g/mol. The standard InChI is InChI=1S/C24H25FN2O4/c25-21-9-23-22(26-10-18(28)14-31-23)8-20(21)24(29)27-11-19(12-27)30-13-15-5-6-16-3-1-2-4-17(16)7-15/h5-9,19,26H,1-4,10-14H2. The van der Waals surface area contributed by atoms with E-state index in [2.05, 4.69) is 23.5 Å². The molecule has 31 heavy (non-hydrogen) atoms. The van der Waals surface area contributed by atoms with E-state index in [1.54, 1.807) is 4.90 Å². The number of ketones is 1. The van der Waals surface area contributed by atoms with Crippen molar-refractivity contribution in [1.82, 2.24) is 4.90 Å². The van der Waals surface area contributed by atoms with Crippen LogP contribution in [0.2, 0.25) is 0 Å². The number of halogens is 1. The number of ether oxygens (including phenoxy) is 2. The van der Waals surface area contributed by atoms with Gasteiger partial charge in [-0.15, -0.1) is 0 Å². The maximum Gasteiger partial charge on any atom is 0.257 e. The number of carbonyl (C=O) groups excluding carboxylic acids is 2. The smallest absolute Gasteiger partial charge is 0.257 e. The lowest BCUT2D eigenvalue weighted by atomic mass is 9.90. The summed E-state index contributed by atoms with van der Waals surface area (Å²) in [7, 11) is 0. The zero-order chi connectivity index (χ0) is 21.4. The Morgan fingerprint density at radius 1 is 1.16 bits per heavy atom. The summed E-state index contributed by atoms with van der Waals surface area (Å²) < 4.78 is 25.8. The fourth-order valence-electron chi connectivity index (χ4n) is 4.35. The Balaban J connectivity index is 1.17. The van der Waals surface area contributed by atoms with Crippen molar-refractivity contribution in [2.24, 2.45) is 0 Å². The summed E-state index contributed by atoms with van der Waals surface area (Å²) >= 11 is 0. The number of hydrogen-bond donors (Lipinski definition) is 1. The van der Waals surface area contributed by atoms with Gasteiger partial charge in [0.05, 0.1) is 30.5 Å². The molecule has 0 spiro atoms. The SMILES string of the molecule is O=C1CNc2cc(C(=O)N3CC(OCc4ccc5c(c4)CCCC5)C3)c(F)cc2OC1. The highest BCUT2D eigenvalue weighted by Gasteiger charge is 2.34. The van der Waals surface area contributed by atoms with Crippen LogP contribution in [0.5, 0.6) is 5.75 Å². The van der Waals surface area contributed by atoms with Crippen molar-refractivity contribution in [3.8, 4) is 5.75 Å². The molecule has 0 unspecified atom stereocenters. The second-order valence-electron chi connectivity index (χ2n) is 8.46. The van der Waals surface area contributed by atoms with Crippen molar-refractivity contribution in [2.75, 3.05) is 31.6 Å². The summed E-state index contributed by atoms with van der Waals surface area (Å²) in [4.78, 5) is 25.9. The van der Waals surface area contributed by atoms with Gasteiger partial charge >= 0.3 is 0 Å². The first-order valence-corrected chi connectivity index (χ1v) is 10.8. The Hall–Kier alpha value is -2.93. The third-order valence-electron chi connectivity index (χ3n) is 6.20. The quantitative estimate of drug-likeness (QED) is 0.817. The highest BCUT2D eigenvalue weighted by atomic mass is 19.1. The number of carbonyl (C=O) groups is 2. The van der Waals surface area contributed by atoms with Gasteiger partial charge in [0.25, 0.3) is 5.91 Å². The number of likely N-dealkylation sites (tertiary alicyclic amines) is 1. The average molecular weight is 424 g/mol. The second-order valence-corrected chi connectivity index (χ2v) is 8.46. The van der Waals surface area contributed by atoms with Gasteiger partial charge in [0.15, 0.2) is 5.78 Å². The van der Waals surface area contributed by atoms with Crippen LogP contribution < -0.4 is 10.1 Å². The van der Waals surface area contributed by atoms with E-state index in [0.29, 0.717) is 25.4 Å². The van der Waals surface area contributed by atoms with Gasteiger partial charge in [-0.25, -0.2) is 4.39 Å². The Bertz CT molecular complexity index is 1030. The Labute approximate surface area is 180 Å². The molecule has 1 amide bonds. The molecule has 0 aromatic heterocycles. The molecule has 3 aliphatic rings.